The third-order valence-corrected chi connectivity index (χ3v) is 4.16. The minimum Gasteiger partial charge on any atom is -0.350 e. The van der Waals surface area contributed by atoms with Gasteiger partial charge in [0.25, 0.3) is 5.56 Å². The number of benzene rings is 2. The molecule has 5 nitrogen and oxygen atoms in total. The molecule has 0 saturated carbocycles. The van der Waals surface area contributed by atoms with Gasteiger partial charge in [0.1, 0.15) is 0 Å². The van der Waals surface area contributed by atoms with Crippen LogP contribution in [0, 0.1) is 0 Å². The van der Waals surface area contributed by atoms with E-state index in [1.165, 1.54) is 10.7 Å². The zero-order valence-corrected chi connectivity index (χ0v) is 14.6. The van der Waals surface area contributed by atoms with Crippen molar-refractivity contribution in [1.29, 1.82) is 0 Å². The largest absolute Gasteiger partial charge is 0.350 e. The first kappa shape index (κ1) is 17.6. The molecule has 0 spiro atoms. The van der Waals surface area contributed by atoms with E-state index in [9.17, 15) is 9.59 Å². The van der Waals surface area contributed by atoms with E-state index in [0.717, 1.165) is 11.1 Å². The van der Waals surface area contributed by atoms with E-state index in [2.05, 4.69) is 10.4 Å². The second kappa shape index (κ2) is 8.25. The van der Waals surface area contributed by atoms with Crippen LogP contribution in [0.15, 0.2) is 77.6 Å². The summed E-state index contributed by atoms with van der Waals surface area (Å²) in [4.78, 5) is 24.2. The highest BCUT2D eigenvalue weighted by atomic mass is 16.2. The lowest BCUT2D eigenvalue weighted by Crippen LogP contribution is -2.30. The number of amides is 1. The quantitative estimate of drug-likeness (QED) is 0.745. The maximum atomic E-state index is 12.2. The van der Waals surface area contributed by atoms with Crippen molar-refractivity contribution in [3.05, 3.63) is 88.7 Å². The van der Waals surface area contributed by atoms with E-state index < -0.39 is 0 Å². The van der Waals surface area contributed by atoms with Crippen LogP contribution >= 0.6 is 0 Å². The summed E-state index contributed by atoms with van der Waals surface area (Å²) in [6.07, 6.45) is 0.197. The molecule has 5 heteroatoms. The normalized spacial score (nSPS) is 11.7. The first-order chi connectivity index (χ1) is 12.6. The Morgan fingerprint density at radius 2 is 1.65 bits per heavy atom. The molecule has 0 aliphatic rings. The number of hydrogen-bond donors (Lipinski definition) is 1. The van der Waals surface area contributed by atoms with E-state index >= 15 is 0 Å². The van der Waals surface area contributed by atoms with Crippen LogP contribution in [-0.2, 0) is 11.3 Å². The number of rotatable bonds is 6. The Morgan fingerprint density at radius 3 is 2.35 bits per heavy atom. The van der Waals surface area contributed by atoms with Crippen LogP contribution in [0.5, 0.6) is 0 Å². The summed E-state index contributed by atoms with van der Waals surface area (Å²) in [5, 5.41) is 7.33. The average Bonchev–Trinajstić information content (AvgIpc) is 2.68. The topological polar surface area (TPSA) is 64.0 Å². The molecule has 1 heterocycles. The number of aromatic nitrogens is 2. The van der Waals surface area contributed by atoms with Gasteiger partial charge >= 0.3 is 0 Å². The second-order valence-corrected chi connectivity index (χ2v) is 6.10. The fourth-order valence-corrected chi connectivity index (χ4v) is 2.72. The summed E-state index contributed by atoms with van der Waals surface area (Å²) in [5.41, 5.74) is 2.47. The number of carbonyl (C=O) groups is 1. The van der Waals surface area contributed by atoms with E-state index in [0.29, 0.717) is 5.69 Å². The maximum Gasteiger partial charge on any atom is 0.266 e. The lowest BCUT2D eigenvalue weighted by molar-refractivity contribution is -0.122. The van der Waals surface area contributed by atoms with Crippen LogP contribution in [0.4, 0.5) is 0 Å². The predicted molar refractivity (Wildman–Crippen MR) is 102 cm³/mol. The van der Waals surface area contributed by atoms with Gasteiger partial charge in [-0.1, -0.05) is 60.7 Å². The molecule has 0 aliphatic carbocycles. The maximum absolute atomic E-state index is 12.2. The summed E-state index contributed by atoms with van der Waals surface area (Å²) < 4.78 is 1.34. The molecule has 3 aromatic rings. The van der Waals surface area contributed by atoms with Gasteiger partial charge in [-0.2, -0.15) is 5.10 Å². The summed E-state index contributed by atoms with van der Waals surface area (Å²) >= 11 is 0. The molecule has 1 aromatic heterocycles. The van der Waals surface area contributed by atoms with E-state index in [4.69, 9.17) is 0 Å². The van der Waals surface area contributed by atoms with Gasteiger partial charge in [-0.05, 0) is 18.6 Å². The first-order valence-electron chi connectivity index (χ1n) is 8.61. The van der Waals surface area contributed by atoms with Gasteiger partial charge in [-0.15, -0.1) is 0 Å². The number of hydrogen-bond acceptors (Lipinski definition) is 3. The van der Waals surface area contributed by atoms with Gasteiger partial charge in [0, 0.05) is 18.1 Å². The number of carbonyl (C=O) groups excluding carboxylic acids is 1. The molecule has 0 unspecified atom stereocenters. The average molecular weight is 347 g/mol. The highest BCUT2D eigenvalue weighted by Crippen LogP contribution is 2.14. The Bertz CT molecular complexity index is 921. The van der Waals surface area contributed by atoms with Crippen molar-refractivity contribution >= 4 is 5.91 Å². The standard InChI is InChI=1S/C21H21N3O2/c1-16(17-8-4-2-5-9-17)22-20(25)14-15-24-21(26)13-12-19(23-24)18-10-6-3-7-11-18/h2-13,16H,14-15H2,1H3,(H,22,25)/t16-/m0/s1. The van der Waals surface area contributed by atoms with Gasteiger partial charge < -0.3 is 5.32 Å². The summed E-state index contributed by atoms with van der Waals surface area (Å²) in [6.45, 7) is 2.18. The third-order valence-electron chi connectivity index (χ3n) is 4.16. The predicted octanol–water partition coefficient (Wildman–Crippen LogP) is 3.18. The zero-order chi connectivity index (χ0) is 18.4. The lowest BCUT2D eigenvalue weighted by atomic mass is 10.1. The van der Waals surface area contributed by atoms with Crippen LogP contribution in [0.1, 0.15) is 24.9 Å². The van der Waals surface area contributed by atoms with Crippen LogP contribution in [0.2, 0.25) is 0 Å². The summed E-state index contributed by atoms with van der Waals surface area (Å²) in [7, 11) is 0. The molecular formula is C21H21N3O2. The third kappa shape index (κ3) is 4.45. The van der Waals surface area contributed by atoms with Crippen LogP contribution in [-0.4, -0.2) is 15.7 Å². The van der Waals surface area contributed by atoms with Crippen molar-refractivity contribution in [2.24, 2.45) is 0 Å². The second-order valence-electron chi connectivity index (χ2n) is 6.10. The molecule has 1 atom stereocenters. The number of nitrogens with zero attached hydrogens (tertiary/aromatic N) is 2. The van der Waals surface area contributed by atoms with Gasteiger partial charge in [-0.3, -0.25) is 9.59 Å². The Balaban J connectivity index is 1.64. The smallest absolute Gasteiger partial charge is 0.266 e. The molecular weight excluding hydrogens is 326 g/mol. The minimum absolute atomic E-state index is 0.0796. The molecule has 1 amide bonds. The van der Waals surface area contributed by atoms with E-state index in [-0.39, 0.29) is 30.5 Å². The Labute approximate surface area is 152 Å². The van der Waals surface area contributed by atoms with Gasteiger partial charge in [-0.25, -0.2) is 4.68 Å². The Kier molecular flexibility index (Phi) is 5.59. The van der Waals surface area contributed by atoms with Crippen LogP contribution in [0.25, 0.3) is 11.3 Å². The molecule has 3 rings (SSSR count). The van der Waals surface area contributed by atoms with Crippen molar-refractivity contribution in [3.8, 4) is 11.3 Å². The molecule has 0 saturated heterocycles. The highest BCUT2D eigenvalue weighted by molar-refractivity contribution is 5.76. The highest BCUT2D eigenvalue weighted by Gasteiger charge is 2.10. The summed E-state index contributed by atoms with van der Waals surface area (Å²) in [5.74, 6) is -0.111. The van der Waals surface area contributed by atoms with Crippen LogP contribution in [0.3, 0.4) is 0 Å². The van der Waals surface area contributed by atoms with Gasteiger partial charge in [0.15, 0.2) is 0 Å². The fraction of sp³-hybridized carbons (Fsp3) is 0.190. The van der Waals surface area contributed by atoms with E-state index in [1.807, 2.05) is 67.6 Å². The first-order valence-corrected chi connectivity index (χ1v) is 8.61. The fourth-order valence-electron chi connectivity index (χ4n) is 2.72. The summed E-state index contributed by atoms with van der Waals surface area (Å²) in [6, 6.07) is 22.5. The van der Waals surface area contributed by atoms with Crippen molar-refractivity contribution in [2.75, 3.05) is 0 Å². The Morgan fingerprint density at radius 1 is 1.00 bits per heavy atom. The number of aryl methyl sites for hydroxylation is 1. The van der Waals surface area contributed by atoms with E-state index in [1.54, 1.807) is 6.07 Å². The van der Waals surface area contributed by atoms with Crippen molar-refractivity contribution in [3.63, 3.8) is 0 Å². The van der Waals surface area contributed by atoms with Gasteiger partial charge in [0.2, 0.25) is 5.91 Å². The minimum atomic E-state index is -0.214. The molecule has 132 valence electrons. The lowest BCUT2D eigenvalue weighted by Gasteiger charge is -2.14. The molecule has 2 aromatic carbocycles. The van der Waals surface area contributed by atoms with Crippen LogP contribution < -0.4 is 10.9 Å². The zero-order valence-electron chi connectivity index (χ0n) is 14.6. The number of nitrogens with one attached hydrogen (secondary N) is 1. The monoisotopic (exact) mass is 347 g/mol. The molecule has 0 aliphatic heterocycles. The van der Waals surface area contributed by atoms with Crippen molar-refractivity contribution in [1.82, 2.24) is 15.1 Å². The molecule has 0 radical (unpaired) electrons. The molecule has 0 bridgehead atoms. The molecule has 0 fully saturated rings. The van der Waals surface area contributed by atoms with Gasteiger partial charge in [0.05, 0.1) is 18.3 Å². The van der Waals surface area contributed by atoms with Crippen molar-refractivity contribution < 1.29 is 4.79 Å². The van der Waals surface area contributed by atoms with Crippen molar-refractivity contribution in [2.45, 2.75) is 25.9 Å². The SMILES string of the molecule is C[C@H](NC(=O)CCn1nc(-c2ccccc2)ccc1=O)c1ccccc1. The molecule has 1 N–H and O–H groups in total. The Hall–Kier alpha value is -3.21. The molecule has 26 heavy (non-hydrogen) atoms.